The van der Waals surface area contributed by atoms with Crippen LogP contribution in [0.4, 0.5) is 11.4 Å². The molecule has 1 aromatic rings. The van der Waals surface area contributed by atoms with Gasteiger partial charge in [0.15, 0.2) is 0 Å². The number of thioether (sulfide) groups is 1. The van der Waals surface area contributed by atoms with E-state index in [-0.39, 0.29) is 5.91 Å². The molecule has 4 N–H and O–H groups in total. The Hall–Kier alpha value is -1.36. The minimum atomic E-state index is 0.0271. The molecule has 1 aliphatic heterocycles. The summed E-state index contributed by atoms with van der Waals surface area (Å²) in [6, 6.07) is 5.02. The summed E-state index contributed by atoms with van der Waals surface area (Å²) < 4.78 is 0. The Morgan fingerprint density at radius 1 is 1.12 bits per heavy atom. The Kier molecular flexibility index (Phi) is 3.24. The molecule has 0 bridgehead atoms. The average Bonchev–Trinajstić information content (AvgIpc) is 2.28. The van der Waals surface area contributed by atoms with Gasteiger partial charge in [-0.05, 0) is 18.2 Å². The maximum Gasteiger partial charge on any atom is 0.254 e. The minimum absolute atomic E-state index is 0.0271. The predicted octanol–water partition coefficient (Wildman–Crippen LogP) is 1.04. The van der Waals surface area contributed by atoms with E-state index in [1.54, 1.807) is 18.2 Å². The Bertz CT molecular complexity index is 382. The van der Waals surface area contributed by atoms with Gasteiger partial charge in [0.05, 0.1) is 0 Å². The number of benzene rings is 1. The monoisotopic (exact) mass is 237 g/mol. The summed E-state index contributed by atoms with van der Waals surface area (Å²) in [7, 11) is 0. The highest BCUT2D eigenvalue weighted by atomic mass is 32.2. The summed E-state index contributed by atoms with van der Waals surface area (Å²) in [5, 5.41) is 0. The zero-order chi connectivity index (χ0) is 11.5. The Morgan fingerprint density at radius 3 is 2.25 bits per heavy atom. The Labute approximate surface area is 99.0 Å². The molecule has 1 aliphatic rings. The lowest BCUT2D eigenvalue weighted by Gasteiger charge is -2.26. The number of nitrogen functional groups attached to an aromatic ring is 2. The Morgan fingerprint density at radius 2 is 1.69 bits per heavy atom. The topological polar surface area (TPSA) is 72.3 Å². The highest BCUT2D eigenvalue weighted by molar-refractivity contribution is 7.99. The van der Waals surface area contributed by atoms with Crippen molar-refractivity contribution < 1.29 is 4.79 Å². The molecule has 5 heteroatoms. The third-order valence-corrected chi connectivity index (χ3v) is 3.47. The van der Waals surface area contributed by atoms with Crippen molar-refractivity contribution in [2.24, 2.45) is 0 Å². The van der Waals surface area contributed by atoms with E-state index in [4.69, 9.17) is 11.5 Å². The lowest BCUT2D eigenvalue weighted by Crippen LogP contribution is -2.37. The van der Waals surface area contributed by atoms with Gasteiger partial charge in [-0.1, -0.05) is 0 Å². The van der Waals surface area contributed by atoms with Crippen LogP contribution in [0, 0.1) is 0 Å². The SMILES string of the molecule is Nc1cc(N)cc(C(=O)N2CCSCC2)c1. The van der Waals surface area contributed by atoms with Gasteiger partial charge < -0.3 is 16.4 Å². The van der Waals surface area contributed by atoms with Crippen molar-refractivity contribution in [3.8, 4) is 0 Å². The van der Waals surface area contributed by atoms with Crippen molar-refractivity contribution in [1.82, 2.24) is 4.90 Å². The van der Waals surface area contributed by atoms with E-state index < -0.39 is 0 Å². The molecule has 16 heavy (non-hydrogen) atoms. The summed E-state index contributed by atoms with van der Waals surface area (Å²) in [6.45, 7) is 1.61. The number of carbonyl (C=O) groups excluding carboxylic acids is 1. The van der Waals surface area contributed by atoms with Crippen molar-refractivity contribution in [3.05, 3.63) is 23.8 Å². The highest BCUT2D eigenvalue weighted by Crippen LogP contribution is 2.17. The number of nitrogens with zero attached hydrogens (tertiary/aromatic N) is 1. The number of hydrogen-bond acceptors (Lipinski definition) is 4. The van der Waals surface area contributed by atoms with E-state index >= 15 is 0 Å². The van der Waals surface area contributed by atoms with Crippen molar-refractivity contribution in [1.29, 1.82) is 0 Å². The molecule has 1 amide bonds. The van der Waals surface area contributed by atoms with Crippen LogP contribution in [-0.2, 0) is 0 Å². The third kappa shape index (κ3) is 2.41. The summed E-state index contributed by atoms with van der Waals surface area (Å²) in [5.74, 6) is 2.03. The molecule has 0 saturated carbocycles. The molecule has 0 aliphatic carbocycles. The second kappa shape index (κ2) is 4.65. The molecule has 1 fully saturated rings. The van der Waals surface area contributed by atoms with Crippen molar-refractivity contribution >= 4 is 29.0 Å². The van der Waals surface area contributed by atoms with Gasteiger partial charge in [-0.15, -0.1) is 0 Å². The highest BCUT2D eigenvalue weighted by Gasteiger charge is 2.18. The van der Waals surface area contributed by atoms with Gasteiger partial charge in [0.2, 0.25) is 0 Å². The smallest absolute Gasteiger partial charge is 0.254 e. The number of amides is 1. The number of carbonyl (C=O) groups is 1. The maximum atomic E-state index is 12.1. The van der Waals surface area contributed by atoms with E-state index in [9.17, 15) is 4.79 Å². The van der Waals surface area contributed by atoms with Crippen molar-refractivity contribution in [2.75, 3.05) is 36.1 Å². The van der Waals surface area contributed by atoms with Crippen LogP contribution < -0.4 is 11.5 Å². The van der Waals surface area contributed by atoms with Gasteiger partial charge in [0.1, 0.15) is 0 Å². The van der Waals surface area contributed by atoms with Gasteiger partial charge in [0, 0.05) is 41.5 Å². The molecular formula is C11H15N3OS. The minimum Gasteiger partial charge on any atom is -0.399 e. The molecule has 0 atom stereocenters. The van der Waals surface area contributed by atoms with Gasteiger partial charge in [-0.2, -0.15) is 11.8 Å². The largest absolute Gasteiger partial charge is 0.399 e. The van der Waals surface area contributed by atoms with Crippen molar-refractivity contribution in [3.63, 3.8) is 0 Å². The first-order valence-electron chi connectivity index (χ1n) is 5.20. The molecule has 1 heterocycles. The maximum absolute atomic E-state index is 12.1. The first kappa shape index (κ1) is 11.1. The van der Waals surface area contributed by atoms with Crippen LogP contribution >= 0.6 is 11.8 Å². The number of nitrogens with two attached hydrogens (primary N) is 2. The van der Waals surface area contributed by atoms with Gasteiger partial charge in [0.25, 0.3) is 5.91 Å². The Balaban J connectivity index is 2.19. The lowest BCUT2D eigenvalue weighted by molar-refractivity contribution is 0.0772. The van der Waals surface area contributed by atoms with Crippen LogP contribution in [0.1, 0.15) is 10.4 Å². The van der Waals surface area contributed by atoms with E-state index in [1.807, 2.05) is 16.7 Å². The number of rotatable bonds is 1. The summed E-state index contributed by atoms with van der Waals surface area (Å²) in [4.78, 5) is 14.0. The lowest BCUT2D eigenvalue weighted by atomic mass is 10.1. The standard InChI is InChI=1S/C11H15N3OS/c12-9-5-8(6-10(13)7-9)11(15)14-1-3-16-4-2-14/h5-7H,1-4,12-13H2. The molecule has 1 saturated heterocycles. The molecule has 0 radical (unpaired) electrons. The number of anilines is 2. The van der Waals surface area contributed by atoms with Crippen LogP contribution in [0.2, 0.25) is 0 Å². The van der Waals surface area contributed by atoms with Crippen LogP contribution in [-0.4, -0.2) is 35.4 Å². The molecule has 0 unspecified atom stereocenters. The van der Waals surface area contributed by atoms with Crippen molar-refractivity contribution in [2.45, 2.75) is 0 Å². The normalized spacial score (nSPS) is 16.1. The average molecular weight is 237 g/mol. The zero-order valence-electron chi connectivity index (χ0n) is 8.98. The molecule has 2 rings (SSSR count). The molecule has 86 valence electrons. The third-order valence-electron chi connectivity index (χ3n) is 2.52. The fourth-order valence-corrected chi connectivity index (χ4v) is 2.65. The zero-order valence-corrected chi connectivity index (χ0v) is 9.80. The van der Waals surface area contributed by atoms with E-state index in [2.05, 4.69) is 0 Å². The van der Waals surface area contributed by atoms with Gasteiger partial charge in [-0.3, -0.25) is 4.79 Å². The van der Waals surface area contributed by atoms with Crippen LogP contribution in [0.5, 0.6) is 0 Å². The first-order chi connectivity index (χ1) is 7.66. The summed E-state index contributed by atoms with van der Waals surface area (Å²) >= 11 is 1.87. The van der Waals surface area contributed by atoms with Gasteiger partial charge >= 0.3 is 0 Å². The molecular weight excluding hydrogens is 222 g/mol. The quantitative estimate of drug-likeness (QED) is 0.716. The van der Waals surface area contributed by atoms with E-state index in [0.717, 1.165) is 24.6 Å². The van der Waals surface area contributed by atoms with Crippen LogP contribution in [0.15, 0.2) is 18.2 Å². The molecule has 0 spiro atoms. The first-order valence-corrected chi connectivity index (χ1v) is 6.35. The second-order valence-corrected chi connectivity index (χ2v) is 5.02. The fourth-order valence-electron chi connectivity index (χ4n) is 1.75. The van der Waals surface area contributed by atoms with Crippen LogP contribution in [0.3, 0.4) is 0 Å². The molecule has 1 aromatic carbocycles. The molecule has 0 aromatic heterocycles. The van der Waals surface area contributed by atoms with Gasteiger partial charge in [-0.25, -0.2) is 0 Å². The summed E-state index contributed by atoms with van der Waals surface area (Å²) in [6.07, 6.45) is 0. The fraction of sp³-hybridized carbons (Fsp3) is 0.364. The number of hydrogen-bond donors (Lipinski definition) is 2. The van der Waals surface area contributed by atoms with E-state index in [1.165, 1.54) is 0 Å². The second-order valence-electron chi connectivity index (χ2n) is 3.79. The predicted molar refractivity (Wildman–Crippen MR) is 68.5 cm³/mol. The van der Waals surface area contributed by atoms with Crippen LogP contribution in [0.25, 0.3) is 0 Å². The molecule has 4 nitrogen and oxygen atoms in total. The van der Waals surface area contributed by atoms with E-state index in [0.29, 0.717) is 16.9 Å². The summed E-state index contributed by atoms with van der Waals surface area (Å²) in [5.41, 5.74) is 13.0.